The summed E-state index contributed by atoms with van der Waals surface area (Å²) >= 11 is 0. The topological polar surface area (TPSA) is 38.3 Å². The van der Waals surface area contributed by atoms with Crippen LogP contribution >= 0.6 is 0 Å². The van der Waals surface area contributed by atoms with Crippen LogP contribution < -0.4 is 5.32 Å². The molecule has 0 saturated carbocycles. The van der Waals surface area contributed by atoms with Crippen molar-refractivity contribution in [2.45, 2.75) is 12.5 Å². The lowest BCUT2D eigenvalue weighted by Gasteiger charge is -2.13. The Morgan fingerprint density at radius 3 is 3.00 bits per heavy atom. The molecule has 1 N–H and O–H groups in total. The second kappa shape index (κ2) is 3.80. The molecule has 3 nitrogen and oxygen atoms in total. The summed E-state index contributed by atoms with van der Waals surface area (Å²) in [5.74, 6) is -0.0440. The van der Waals surface area contributed by atoms with Crippen LogP contribution in [0.15, 0.2) is 24.3 Å². The van der Waals surface area contributed by atoms with E-state index in [1.807, 2.05) is 24.3 Å². The second-order valence-electron chi connectivity index (χ2n) is 3.36. The van der Waals surface area contributed by atoms with E-state index >= 15 is 0 Å². The summed E-state index contributed by atoms with van der Waals surface area (Å²) in [5, 5.41) is 2.83. The van der Waals surface area contributed by atoms with Crippen molar-refractivity contribution in [1.82, 2.24) is 5.32 Å². The van der Waals surface area contributed by atoms with Gasteiger partial charge in [-0.25, -0.2) is 0 Å². The number of ether oxygens (including phenoxy) is 1. The molecule has 1 aromatic rings. The fourth-order valence-electron chi connectivity index (χ4n) is 1.81. The Balaban J connectivity index is 2.44. The Kier molecular flexibility index (Phi) is 2.50. The van der Waals surface area contributed by atoms with Gasteiger partial charge in [-0.2, -0.15) is 0 Å². The molecule has 1 unspecified atom stereocenters. The van der Waals surface area contributed by atoms with Gasteiger partial charge in [-0.15, -0.1) is 0 Å². The number of amides is 1. The number of hydrogen-bond acceptors (Lipinski definition) is 2. The third-order valence-electron chi connectivity index (χ3n) is 2.50. The van der Waals surface area contributed by atoms with Gasteiger partial charge >= 0.3 is 0 Å². The standard InChI is InChI=1S/C11H13NO2/c1-14-10-9-5-3-2-4-8(9)6-7-12-11(10)13/h2-5,10H,6-7H2,1H3,(H,12,13). The van der Waals surface area contributed by atoms with E-state index in [0.29, 0.717) is 6.54 Å². The predicted octanol–water partition coefficient (Wildman–Crippen LogP) is 1.05. The molecule has 0 radical (unpaired) electrons. The van der Waals surface area contributed by atoms with Gasteiger partial charge in [-0.1, -0.05) is 24.3 Å². The largest absolute Gasteiger partial charge is 0.367 e. The van der Waals surface area contributed by atoms with Gasteiger partial charge < -0.3 is 10.1 Å². The Morgan fingerprint density at radius 1 is 1.43 bits per heavy atom. The molecule has 1 aliphatic heterocycles. The quantitative estimate of drug-likeness (QED) is 0.720. The van der Waals surface area contributed by atoms with Crippen molar-refractivity contribution in [2.75, 3.05) is 13.7 Å². The lowest BCUT2D eigenvalue weighted by Crippen LogP contribution is -2.29. The molecule has 1 amide bonds. The summed E-state index contributed by atoms with van der Waals surface area (Å²) < 4.78 is 5.20. The highest BCUT2D eigenvalue weighted by atomic mass is 16.5. The Labute approximate surface area is 83.1 Å². The minimum atomic E-state index is -0.450. The fraction of sp³-hybridized carbons (Fsp3) is 0.364. The Bertz CT molecular complexity index is 349. The van der Waals surface area contributed by atoms with Crippen molar-refractivity contribution >= 4 is 5.91 Å². The number of carbonyl (C=O) groups is 1. The highest BCUT2D eigenvalue weighted by Gasteiger charge is 2.24. The van der Waals surface area contributed by atoms with E-state index in [0.717, 1.165) is 12.0 Å². The molecular weight excluding hydrogens is 178 g/mol. The Hall–Kier alpha value is -1.35. The van der Waals surface area contributed by atoms with Crippen LogP contribution in [0.1, 0.15) is 17.2 Å². The minimum absolute atomic E-state index is 0.0440. The summed E-state index contributed by atoms with van der Waals surface area (Å²) in [6.07, 6.45) is 0.426. The van der Waals surface area contributed by atoms with Crippen LogP contribution in [0.3, 0.4) is 0 Å². The lowest BCUT2D eigenvalue weighted by atomic mass is 10.0. The third kappa shape index (κ3) is 1.51. The van der Waals surface area contributed by atoms with Gasteiger partial charge in [0.05, 0.1) is 0 Å². The number of hydrogen-bond donors (Lipinski definition) is 1. The zero-order valence-corrected chi connectivity index (χ0v) is 8.12. The highest BCUT2D eigenvalue weighted by Crippen LogP contribution is 2.23. The first-order chi connectivity index (χ1) is 6.83. The molecule has 0 aromatic heterocycles. The first-order valence-corrected chi connectivity index (χ1v) is 4.71. The molecule has 3 heteroatoms. The van der Waals surface area contributed by atoms with Gasteiger partial charge in [-0.05, 0) is 17.5 Å². The molecular formula is C11H13NO2. The van der Waals surface area contributed by atoms with Crippen LogP contribution in [0.5, 0.6) is 0 Å². The third-order valence-corrected chi connectivity index (χ3v) is 2.50. The molecule has 14 heavy (non-hydrogen) atoms. The van der Waals surface area contributed by atoms with Gasteiger partial charge in [0.1, 0.15) is 0 Å². The maximum absolute atomic E-state index is 11.6. The molecule has 1 aliphatic rings. The molecule has 2 rings (SSSR count). The minimum Gasteiger partial charge on any atom is -0.367 e. The van der Waals surface area contributed by atoms with Crippen LogP contribution in [-0.4, -0.2) is 19.6 Å². The lowest BCUT2D eigenvalue weighted by molar-refractivity contribution is -0.131. The number of benzene rings is 1. The van der Waals surface area contributed by atoms with Crippen molar-refractivity contribution < 1.29 is 9.53 Å². The summed E-state index contributed by atoms with van der Waals surface area (Å²) in [4.78, 5) is 11.6. The summed E-state index contributed by atoms with van der Waals surface area (Å²) in [5.41, 5.74) is 2.18. The molecule has 0 aliphatic carbocycles. The number of nitrogens with one attached hydrogen (secondary N) is 1. The maximum atomic E-state index is 11.6. The average Bonchev–Trinajstić information content (AvgIpc) is 2.36. The Morgan fingerprint density at radius 2 is 2.21 bits per heavy atom. The molecule has 0 spiro atoms. The molecule has 0 fully saturated rings. The number of carbonyl (C=O) groups excluding carboxylic acids is 1. The van der Waals surface area contributed by atoms with Crippen molar-refractivity contribution in [1.29, 1.82) is 0 Å². The first-order valence-electron chi connectivity index (χ1n) is 4.71. The van der Waals surface area contributed by atoms with Crippen molar-refractivity contribution in [3.8, 4) is 0 Å². The summed E-state index contributed by atoms with van der Waals surface area (Å²) in [6.45, 7) is 0.690. The van der Waals surface area contributed by atoms with Gasteiger partial charge in [0.2, 0.25) is 0 Å². The van der Waals surface area contributed by atoms with Crippen LogP contribution in [0, 0.1) is 0 Å². The normalized spacial score (nSPS) is 20.9. The van der Waals surface area contributed by atoms with Crippen molar-refractivity contribution in [3.63, 3.8) is 0 Å². The van der Waals surface area contributed by atoms with Crippen LogP contribution in [0.25, 0.3) is 0 Å². The molecule has 1 atom stereocenters. The predicted molar refractivity (Wildman–Crippen MR) is 52.9 cm³/mol. The summed E-state index contributed by atoms with van der Waals surface area (Å²) in [7, 11) is 1.56. The second-order valence-corrected chi connectivity index (χ2v) is 3.36. The number of rotatable bonds is 1. The summed E-state index contributed by atoms with van der Waals surface area (Å²) in [6, 6.07) is 7.92. The van der Waals surface area contributed by atoms with Crippen molar-refractivity contribution in [2.24, 2.45) is 0 Å². The molecule has 74 valence electrons. The van der Waals surface area contributed by atoms with E-state index in [1.54, 1.807) is 7.11 Å². The smallest absolute Gasteiger partial charge is 0.253 e. The molecule has 0 saturated heterocycles. The number of methoxy groups -OCH3 is 1. The molecule has 1 aromatic carbocycles. The molecule has 1 heterocycles. The SMILES string of the molecule is COC1C(=O)NCCc2ccccc21. The van der Waals surface area contributed by atoms with Crippen LogP contribution in [0.4, 0.5) is 0 Å². The van der Waals surface area contributed by atoms with E-state index in [-0.39, 0.29) is 5.91 Å². The average molecular weight is 191 g/mol. The van der Waals surface area contributed by atoms with E-state index in [9.17, 15) is 4.79 Å². The molecule has 0 bridgehead atoms. The zero-order valence-electron chi connectivity index (χ0n) is 8.12. The number of fused-ring (bicyclic) bond motifs is 1. The van der Waals surface area contributed by atoms with E-state index in [4.69, 9.17) is 4.74 Å². The van der Waals surface area contributed by atoms with Gasteiger partial charge in [0, 0.05) is 13.7 Å². The van der Waals surface area contributed by atoms with Gasteiger partial charge in [0.25, 0.3) is 5.91 Å². The fourth-order valence-corrected chi connectivity index (χ4v) is 1.81. The zero-order chi connectivity index (χ0) is 9.97. The highest BCUT2D eigenvalue weighted by molar-refractivity contribution is 5.83. The van der Waals surface area contributed by atoms with Crippen molar-refractivity contribution in [3.05, 3.63) is 35.4 Å². The van der Waals surface area contributed by atoms with E-state index in [1.165, 1.54) is 5.56 Å². The van der Waals surface area contributed by atoms with E-state index < -0.39 is 6.10 Å². The van der Waals surface area contributed by atoms with Gasteiger partial charge in [0.15, 0.2) is 6.10 Å². The monoisotopic (exact) mass is 191 g/mol. The van der Waals surface area contributed by atoms with Crippen LogP contribution in [0.2, 0.25) is 0 Å². The first kappa shape index (κ1) is 9.21. The maximum Gasteiger partial charge on any atom is 0.253 e. The van der Waals surface area contributed by atoms with Gasteiger partial charge in [-0.3, -0.25) is 4.79 Å². The van der Waals surface area contributed by atoms with E-state index in [2.05, 4.69) is 5.32 Å². The van der Waals surface area contributed by atoms with Crippen LogP contribution in [-0.2, 0) is 16.0 Å².